The van der Waals surface area contributed by atoms with Gasteiger partial charge in [0.1, 0.15) is 12.4 Å². The molecule has 19 heavy (non-hydrogen) atoms. The number of hydrogen-bond donors (Lipinski definition) is 0. The van der Waals surface area contributed by atoms with E-state index in [-0.39, 0.29) is 12.5 Å². The average molecular weight is 262 g/mol. The number of ether oxygens (including phenoxy) is 1. The maximum atomic E-state index is 11.6. The van der Waals surface area contributed by atoms with E-state index in [1.807, 2.05) is 32.0 Å². The Morgan fingerprint density at radius 2 is 2.32 bits per heavy atom. The predicted octanol–water partition coefficient (Wildman–Crippen LogP) is 2.19. The fourth-order valence-corrected chi connectivity index (χ4v) is 1.78. The first-order chi connectivity index (χ1) is 9.13. The summed E-state index contributed by atoms with van der Waals surface area (Å²) in [7, 11) is 1.74. The minimum absolute atomic E-state index is 0.0542. The quantitative estimate of drug-likeness (QED) is 0.475. The number of fused-ring (bicyclic) bond motifs is 1. The summed E-state index contributed by atoms with van der Waals surface area (Å²) in [4.78, 5) is 18.4. The van der Waals surface area contributed by atoms with Crippen molar-refractivity contribution in [3.05, 3.63) is 23.8 Å². The molecule has 1 amide bonds. The molecule has 0 aromatic heterocycles. The van der Waals surface area contributed by atoms with E-state index in [2.05, 4.69) is 5.16 Å². The second-order valence-electron chi connectivity index (χ2n) is 4.43. The van der Waals surface area contributed by atoms with Crippen molar-refractivity contribution < 1.29 is 14.4 Å². The highest BCUT2D eigenvalue weighted by molar-refractivity contribution is 6.02. The molecular formula is C14H18N2O3. The molecule has 1 aliphatic heterocycles. The van der Waals surface area contributed by atoms with Crippen LogP contribution in [0.3, 0.4) is 0 Å². The Morgan fingerprint density at radius 3 is 3.05 bits per heavy atom. The molecule has 0 atom stereocenters. The van der Waals surface area contributed by atoms with Crippen molar-refractivity contribution in [2.24, 2.45) is 5.16 Å². The van der Waals surface area contributed by atoms with Crippen molar-refractivity contribution in [3.63, 3.8) is 0 Å². The molecule has 0 radical (unpaired) electrons. The summed E-state index contributed by atoms with van der Waals surface area (Å²) in [5.41, 5.74) is 2.46. The Labute approximate surface area is 112 Å². The van der Waals surface area contributed by atoms with Crippen LogP contribution in [0.5, 0.6) is 5.75 Å². The van der Waals surface area contributed by atoms with Gasteiger partial charge in [-0.05, 0) is 31.5 Å². The minimum Gasteiger partial charge on any atom is -0.482 e. The maximum absolute atomic E-state index is 11.6. The molecule has 0 saturated heterocycles. The highest BCUT2D eigenvalue weighted by Gasteiger charge is 2.22. The molecule has 102 valence electrons. The van der Waals surface area contributed by atoms with E-state index in [0.717, 1.165) is 23.4 Å². The Bertz CT molecular complexity index is 511. The van der Waals surface area contributed by atoms with E-state index < -0.39 is 0 Å². The number of hydrogen-bond acceptors (Lipinski definition) is 4. The molecule has 1 heterocycles. The number of oxime groups is 1. The predicted molar refractivity (Wildman–Crippen MR) is 73.8 cm³/mol. The zero-order valence-electron chi connectivity index (χ0n) is 11.5. The van der Waals surface area contributed by atoms with E-state index in [1.54, 1.807) is 11.9 Å². The fourth-order valence-electron chi connectivity index (χ4n) is 1.78. The van der Waals surface area contributed by atoms with Crippen LogP contribution in [-0.2, 0) is 9.63 Å². The standard InChI is InChI=1S/C14H18N2O3/c1-4-7-19-15-10(2)11-5-6-13-12(8-11)16(3)14(17)9-18-13/h5-6,8H,4,7,9H2,1-3H3/b15-10+. The largest absolute Gasteiger partial charge is 0.482 e. The van der Waals surface area contributed by atoms with Crippen molar-refractivity contribution in [1.29, 1.82) is 0 Å². The number of nitrogens with zero attached hydrogens (tertiary/aromatic N) is 2. The third kappa shape index (κ3) is 2.86. The molecule has 5 heteroatoms. The van der Waals surface area contributed by atoms with Gasteiger partial charge in [0.15, 0.2) is 6.61 Å². The van der Waals surface area contributed by atoms with Crippen LogP contribution in [0.15, 0.2) is 23.4 Å². The third-order valence-corrected chi connectivity index (χ3v) is 2.96. The second-order valence-corrected chi connectivity index (χ2v) is 4.43. The van der Waals surface area contributed by atoms with E-state index in [4.69, 9.17) is 9.57 Å². The number of anilines is 1. The molecule has 1 aliphatic rings. The molecule has 1 aromatic carbocycles. The number of benzene rings is 1. The van der Waals surface area contributed by atoms with E-state index in [9.17, 15) is 4.79 Å². The molecule has 0 spiro atoms. The number of carbonyl (C=O) groups excluding carboxylic acids is 1. The molecule has 0 bridgehead atoms. The lowest BCUT2D eigenvalue weighted by atomic mass is 10.1. The van der Waals surface area contributed by atoms with E-state index >= 15 is 0 Å². The number of carbonyl (C=O) groups is 1. The number of rotatable bonds is 4. The summed E-state index contributed by atoms with van der Waals surface area (Å²) in [6.45, 7) is 4.60. The fraction of sp³-hybridized carbons (Fsp3) is 0.429. The monoisotopic (exact) mass is 262 g/mol. The number of amides is 1. The van der Waals surface area contributed by atoms with Gasteiger partial charge < -0.3 is 14.5 Å². The summed E-state index contributed by atoms with van der Waals surface area (Å²) in [5.74, 6) is 0.662. The van der Waals surface area contributed by atoms with Gasteiger partial charge in [0.05, 0.1) is 11.4 Å². The van der Waals surface area contributed by atoms with Crippen LogP contribution in [0.1, 0.15) is 25.8 Å². The van der Waals surface area contributed by atoms with Crippen LogP contribution in [-0.4, -0.2) is 31.9 Å². The van der Waals surface area contributed by atoms with Crippen LogP contribution in [0.4, 0.5) is 5.69 Å². The van der Waals surface area contributed by atoms with Crippen molar-refractivity contribution in [2.45, 2.75) is 20.3 Å². The van der Waals surface area contributed by atoms with Gasteiger partial charge in [-0.15, -0.1) is 0 Å². The molecular weight excluding hydrogens is 244 g/mol. The van der Waals surface area contributed by atoms with Crippen molar-refractivity contribution >= 4 is 17.3 Å². The highest BCUT2D eigenvalue weighted by Crippen LogP contribution is 2.32. The summed E-state index contributed by atoms with van der Waals surface area (Å²) in [6.07, 6.45) is 0.923. The van der Waals surface area contributed by atoms with Gasteiger partial charge in [0.2, 0.25) is 0 Å². The van der Waals surface area contributed by atoms with Crippen LogP contribution in [0.25, 0.3) is 0 Å². The molecule has 1 aromatic rings. The Kier molecular flexibility index (Phi) is 4.04. The Balaban J connectivity index is 2.25. The first-order valence-electron chi connectivity index (χ1n) is 6.33. The van der Waals surface area contributed by atoms with Gasteiger partial charge in [-0.3, -0.25) is 4.79 Å². The van der Waals surface area contributed by atoms with E-state index in [1.165, 1.54) is 0 Å². The zero-order valence-corrected chi connectivity index (χ0v) is 11.5. The van der Waals surface area contributed by atoms with Gasteiger partial charge in [-0.2, -0.15) is 0 Å². The lowest BCUT2D eigenvalue weighted by molar-refractivity contribution is -0.120. The molecule has 0 aliphatic carbocycles. The highest BCUT2D eigenvalue weighted by atomic mass is 16.6. The summed E-state index contributed by atoms with van der Waals surface area (Å²) in [6, 6.07) is 5.66. The van der Waals surface area contributed by atoms with Gasteiger partial charge in [-0.1, -0.05) is 12.1 Å². The van der Waals surface area contributed by atoms with Gasteiger partial charge >= 0.3 is 0 Å². The van der Waals surface area contributed by atoms with Crippen LogP contribution in [0.2, 0.25) is 0 Å². The SMILES string of the molecule is CCCO/N=C(\C)c1ccc2c(c1)N(C)C(=O)CO2. The van der Waals surface area contributed by atoms with Crippen molar-refractivity contribution in [2.75, 3.05) is 25.2 Å². The zero-order chi connectivity index (χ0) is 13.8. The second kappa shape index (κ2) is 5.73. The molecule has 2 rings (SSSR count). The van der Waals surface area contributed by atoms with Gasteiger partial charge in [0, 0.05) is 12.6 Å². The van der Waals surface area contributed by atoms with Crippen molar-refractivity contribution in [3.8, 4) is 5.75 Å². The summed E-state index contributed by atoms with van der Waals surface area (Å²) >= 11 is 0. The molecule has 0 unspecified atom stereocenters. The summed E-state index contributed by atoms with van der Waals surface area (Å²) in [5, 5.41) is 4.05. The summed E-state index contributed by atoms with van der Waals surface area (Å²) < 4.78 is 5.38. The van der Waals surface area contributed by atoms with Crippen LogP contribution >= 0.6 is 0 Å². The minimum atomic E-state index is -0.0542. The average Bonchev–Trinajstić information content (AvgIpc) is 2.43. The maximum Gasteiger partial charge on any atom is 0.264 e. The Morgan fingerprint density at radius 1 is 1.53 bits per heavy atom. The van der Waals surface area contributed by atoms with Crippen molar-refractivity contribution in [1.82, 2.24) is 0 Å². The topological polar surface area (TPSA) is 51.1 Å². The Hall–Kier alpha value is -2.04. The first-order valence-corrected chi connectivity index (χ1v) is 6.33. The third-order valence-electron chi connectivity index (χ3n) is 2.96. The molecule has 0 fully saturated rings. The van der Waals surface area contributed by atoms with E-state index in [0.29, 0.717) is 12.4 Å². The van der Waals surface area contributed by atoms with Crippen LogP contribution in [0, 0.1) is 0 Å². The number of likely N-dealkylation sites (N-methyl/N-ethyl adjacent to an activating group) is 1. The van der Waals surface area contributed by atoms with Gasteiger partial charge in [0.25, 0.3) is 5.91 Å². The molecule has 5 nitrogen and oxygen atoms in total. The van der Waals surface area contributed by atoms with Gasteiger partial charge in [-0.25, -0.2) is 0 Å². The smallest absolute Gasteiger partial charge is 0.264 e. The first kappa shape index (κ1) is 13.4. The molecule has 0 N–H and O–H groups in total. The lowest BCUT2D eigenvalue weighted by Crippen LogP contribution is -2.35. The molecule has 0 saturated carbocycles. The normalized spacial score (nSPS) is 15.0. The lowest BCUT2D eigenvalue weighted by Gasteiger charge is -2.26. The van der Waals surface area contributed by atoms with Crippen LogP contribution < -0.4 is 9.64 Å².